The summed E-state index contributed by atoms with van der Waals surface area (Å²) in [6.07, 6.45) is 0.272. The fraction of sp³-hybridized carbons (Fsp3) is 0.318. The molecule has 1 aliphatic rings. The summed E-state index contributed by atoms with van der Waals surface area (Å²) in [7, 11) is 0. The van der Waals surface area contributed by atoms with E-state index in [1.54, 1.807) is 18.2 Å². The highest BCUT2D eigenvalue weighted by Gasteiger charge is 2.51. The molecule has 32 heavy (non-hydrogen) atoms. The molecule has 1 heterocycles. The van der Waals surface area contributed by atoms with E-state index in [4.69, 9.17) is 16.7 Å². The van der Waals surface area contributed by atoms with Gasteiger partial charge in [-0.1, -0.05) is 17.7 Å². The molecule has 0 unspecified atom stereocenters. The standard InChI is InChI=1S/C22H23ClFN3O5/c23-16-9-14(10-17(24)12-16)13-26-20(30)22(32)5-7-27(21(22)31)18-4-1-3-15(11-18)19(29)25-6-2-8-28/h1,3-4,9-12,28,32H,2,5-8,13H2,(H,25,29)(H,26,30)/t22-/m0/s1. The van der Waals surface area contributed by atoms with Crippen molar-refractivity contribution >= 4 is 35.0 Å². The van der Waals surface area contributed by atoms with Crippen LogP contribution < -0.4 is 15.5 Å². The Hall–Kier alpha value is -3.01. The van der Waals surface area contributed by atoms with Crippen molar-refractivity contribution in [2.75, 3.05) is 24.6 Å². The van der Waals surface area contributed by atoms with Crippen molar-refractivity contribution in [2.45, 2.75) is 25.0 Å². The summed E-state index contributed by atoms with van der Waals surface area (Å²) < 4.78 is 13.5. The van der Waals surface area contributed by atoms with E-state index in [9.17, 15) is 23.9 Å². The second-order valence-corrected chi connectivity index (χ2v) is 7.85. The molecule has 1 saturated heterocycles. The van der Waals surface area contributed by atoms with Crippen LogP contribution in [0.1, 0.15) is 28.8 Å². The number of amides is 3. The lowest BCUT2D eigenvalue weighted by molar-refractivity contribution is -0.149. The van der Waals surface area contributed by atoms with E-state index < -0.39 is 23.2 Å². The number of carbonyl (C=O) groups excluding carboxylic acids is 3. The van der Waals surface area contributed by atoms with Crippen LogP contribution in [-0.2, 0) is 16.1 Å². The number of halogens is 2. The summed E-state index contributed by atoms with van der Waals surface area (Å²) in [4.78, 5) is 39.0. The quantitative estimate of drug-likeness (QED) is 0.348. The molecule has 0 aromatic heterocycles. The minimum Gasteiger partial charge on any atom is -0.396 e. The first-order valence-electron chi connectivity index (χ1n) is 10.0. The fourth-order valence-electron chi connectivity index (χ4n) is 3.40. The van der Waals surface area contributed by atoms with Crippen LogP contribution in [0.2, 0.25) is 5.02 Å². The Morgan fingerprint density at radius 2 is 1.97 bits per heavy atom. The van der Waals surface area contributed by atoms with Crippen LogP contribution in [0.3, 0.4) is 0 Å². The predicted octanol–water partition coefficient (Wildman–Crippen LogP) is 1.38. The van der Waals surface area contributed by atoms with E-state index in [1.807, 2.05) is 0 Å². The van der Waals surface area contributed by atoms with Gasteiger partial charge in [-0.05, 0) is 48.4 Å². The van der Waals surface area contributed by atoms with E-state index in [0.29, 0.717) is 29.8 Å². The van der Waals surface area contributed by atoms with Gasteiger partial charge < -0.3 is 25.7 Å². The molecule has 0 bridgehead atoms. The summed E-state index contributed by atoms with van der Waals surface area (Å²) in [6, 6.07) is 10.0. The average Bonchev–Trinajstić information content (AvgIpc) is 3.07. The predicted molar refractivity (Wildman–Crippen MR) is 116 cm³/mol. The second kappa shape index (κ2) is 10.1. The van der Waals surface area contributed by atoms with Gasteiger partial charge in [-0.25, -0.2) is 4.39 Å². The van der Waals surface area contributed by atoms with Crippen molar-refractivity contribution in [1.82, 2.24) is 10.6 Å². The average molecular weight is 464 g/mol. The molecule has 8 nitrogen and oxygen atoms in total. The van der Waals surface area contributed by atoms with Gasteiger partial charge in [-0.2, -0.15) is 0 Å². The highest BCUT2D eigenvalue weighted by Crippen LogP contribution is 2.29. The summed E-state index contributed by atoms with van der Waals surface area (Å²) in [5.74, 6) is -2.65. The number of nitrogens with zero attached hydrogens (tertiary/aromatic N) is 1. The molecule has 3 rings (SSSR count). The minimum absolute atomic E-state index is 0.0461. The molecule has 1 aliphatic heterocycles. The van der Waals surface area contributed by atoms with Crippen LogP contribution in [0.5, 0.6) is 0 Å². The van der Waals surface area contributed by atoms with E-state index in [2.05, 4.69) is 10.6 Å². The number of rotatable bonds is 8. The number of hydrogen-bond acceptors (Lipinski definition) is 5. The third kappa shape index (κ3) is 5.24. The molecule has 0 aliphatic carbocycles. The Bertz CT molecular complexity index is 1010. The first kappa shape index (κ1) is 23.6. The van der Waals surface area contributed by atoms with Crippen LogP contribution >= 0.6 is 11.6 Å². The maximum absolute atomic E-state index is 13.5. The third-order valence-electron chi connectivity index (χ3n) is 5.09. The lowest BCUT2D eigenvalue weighted by Gasteiger charge is -2.22. The van der Waals surface area contributed by atoms with E-state index in [1.165, 1.54) is 23.1 Å². The van der Waals surface area contributed by atoms with Gasteiger partial charge in [-0.3, -0.25) is 14.4 Å². The molecule has 0 spiro atoms. The Morgan fingerprint density at radius 3 is 2.69 bits per heavy atom. The SMILES string of the molecule is O=C(NCCCO)c1cccc(N2CC[C@](O)(C(=O)NCc3cc(F)cc(Cl)c3)C2=O)c1. The van der Waals surface area contributed by atoms with Crippen LogP contribution in [0.4, 0.5) is 10.1 Å². The van der Waals surface area contributed by atoms with Crippen molar-refractivity contribution in [3.8, 4) is 0 Å². The van der Waals surface area contributed by atoms with Gasteiger partial charge in [0, 0.05) is 48.9 Å². The molecule has 0 saturated carbocycles. The molecular weight excluding hydrogens is 441 g/mol. The van der Waals surface area contributed by atoms with Crippen LogP contribution in [0.25, 0.3) is 0 Å². The fourth-order valence-corrected chi connectivity index (χ4v) is 3.65. The van der Waals surface area contributed by atoms with Crippen molar-refractivity contribution in [2.24, 2.45) is 0 Å². The van der Waals surface area contributed by atoms with Gasteiger partial charge in [0.25, 0.3) is 17.7 Å². The smallest absolute Gasteiger partial charge is 0.268 e. The van der Waals surface area contributed by atoms with Crippen molar-refractivity contribution in [3.63, 3.8) is 0 Å². The van der Waals surface area contributed by atoms with Gasteiger partial charge in [0.1, 0.15) is 5.82 Å². The molecule has 0 radical (unpaired) electrons. The van der Waals surface area contributed by atoms with Gasteiger partial charge >= 0.3 is 0 Å². The largest absolute Gasteiger partial charge is 0.396 e. The zero-order valence-electron chi connectivity index (χ0n) is 17.1. The van der Waals surface area contributed by atoms with Crippen LogP contribution in [0.15, 0.2) is 42.5 Å². The number of anilines is 1. The number of carbonyl (C=O) groups is 3. The maximum atomic E-state index is 13.5. The zero-order valence-corrected chi connectivity index (χ0v) is 17.9. The van der Waals surface area contributed by atoms with E-state index in [0.717, 1.165) is 6.07 Å². The molecule has 4 N–H and O–H groups in total. The third-order valence-corrected chi connectivity index (χ3v) is 5.31. The number of aliphatic hydroxyl groups excluding tert-OH is 1. The van der Waals surface area contributed by atoms with Crippen molar-refractivity contribution in [1.29, 1.82) is 0 Å². The summed E-state index contributed by atoms with van der Waals surface area (Å²) >= 11 is 5.80. The Kier molecular flexibility index (Phi) is 7.44. The Balaban J connectivity index is 1.68. The summed E-state index contributed by atoms with van der Waals surface area (Å²) in [6.45, 7) is 0.216. The molecule has 1 fully saturated rings. The molecule has 3 amide bonds. The van der Waals surface area contributed by atoms with Crippen molar-refractivity contribution in [3.05, 3.63) is 64.4 Å². The number of benzene rings is 2. The normalized spacial score (nSPS) is 18.0. The highest BCUT2D eigenvalue weighted by molar-refractivity contribution is 6.30. The molecule has 1 atom stereocenters. The lowest BCUT2D eigenvalue weighted by Crippen LogP contribution is -2.52. The topological polar surface area (TPSA) is 119 Å². The van der Waals surface area contributed by atoms with Gasteiger partial charge in [0.15, 0.2) is 0 Å². The van der Waals surface area contributed by atoms with E-state index in [-0.39, 0.29) is 37.0 Å². The van der Waals surface area contributed by atoms with Crippen LogP contribution in [0, 0.1) is 5.82 Å². The van der Waals surface area contributed by atoms with Crippen molar-refractivity contribution < 1.29 is 29.0 Å². The number of aliphatic hydroxyl groups is 2. The Labute approximate surface area is 189 Å². The molecule has 2 aromatic carbocycles. The summed E-state index contributed by atoms with van der Waals surface area (Å²) in [5.41, 5.74) is -1.23. The molecule has 10 heteroatoms. The monoisotopic (exact) mass is 463 g/mol. The molecular formula is C22H23ClFN3O5. The van der Waals surface area contributed by atoms with Crippen LogP contribution in [-0.4, -0.2) is 53.2 Å². The van der Waals surface area contributed by atoms with E-state index >= 15 is 0 Å². The molecule has 170 valence electrons. The molecule has 2 aromatic rings. The number of hydrogen-bond donors (Lipinski definition) is 4. The first-order chi connectivity index (χ1) is 15.2. The highest BCUT2D eigenvalue weighted by atomic mass is 35.5. The zero-order chi connectivity index (χ0) is 23.3. The summed E-state index contributed by atoms with van der Waals surface area (Å²) in [5, 5.41) is 24.8. The van der Waals surface area contributed by atoms with Gasteiger partial charge in [0.05, 0.1) is 0 Å². The van der Waals surface area contributed by atoms with Gasteiger partial charge in [-0.15, -0.1) is 0 Å². The minimum atomic E-state index is -2.28. The van der Waals surface area contributed by atoms with Gasteiger partial charge in [0.2, 0.25) is 5.60 Å². The first-order valence-corrected chi connectivity index (χ1v) is 10.4. The maximum Gasteiger partial charge on any atom is 0.268 e. The number of nitrogens with one attached hydrogen (secondary N) is 2. The lowest BCUT2D eigenvalue weighted by atomic mass is 10.0. The Morgan fingerprint density at radius 1 is 1.19 bits per heavy atom. The second-order valence-electron chi connectivity index (χ2n) is 7.41.